The van der Waals surface area contributed by atoms with Crippen LogP contribution in [0.5, 0.6) is 0 Å². The van der Waals surface area contributed by atoms with Gasteiger partial charge in [-0.25, -0.2) is 4.79 Å². The molecule has 1 aromatic carbocycles. The van der Waals surface area contributed by atoms with Gasteiger partial charge in [0.15, 0.2) is 4.80 Å². The highest BCUT2D eigenvalue weighted by atomic mass is 35.5. The van der Waals surface area contributed by atoms with Crippen LogP contribution in [-0.4, -0.2) is 28.6 Å². The summed E-state index contributed by atoms with van der Waals surface area (Å²) in [5.41, 5.74) is 0.767. The highest BCUT2D eigenvalue weighted by molar-refractivity contribution is 7.09. The lowest BCUT2D eigenvalue weighted by molar-refractivity contribution is 0.218. The molecule has 1 saturated heterocycles. The Kier molecular flexibility index (Phi) is 4.57. The number of amides is 2. The van der Waals surface area contributed by atoms with Gasteiger partial charge in [-0.05, 0) is 38.0 Å². The number of rotatable bonds is 1. The van der Waals surface area contributed by atoms with Crippen molar-refractivity contribution < 1.29 is 4.79 Å². The molecule has 1 aliphatic rings. The van der Waals surface area contributed by atoms with Gasteiger partial charge in [-0.2, -0.15) is 4.99 Å². The summed E-state index contributed by atoms with van der Waals surface area (Å²) >= 11 is 13.7. The summed E-state index contributed by atoms with van der Waals surface area (Å²) in [6.07, 6.45) is 4.03. The van der Waals surface area contributed by atoms with E-state index in [-0.39, 0.29) is 6.03 Å². The third-order valence-electron chi connectivity index (χ3n) is 3.51. The van der Waals surface area contributed by atoms with E-state index >= 15 is 0 Å². The van der Waals surface area contributed by atoms with Crippen molar-refractivity contribution in [2.24, 2.45) is 4.99 Å². The highest BCUT2D eigenvalue weighted by Gasteiger charge is 2.17. The summed E-state index contributed by atoms with van der Waals surface area (Å²) in [6.45, 7) is 3.55. The summed E-state index contributed by atoms with van der Waals surface area (Å²) in [5.74, 6) is 0. The van der Waals surface area contributed by atoms with Crippen LogP contribution in [0.4, 0.5) is 4.79 Å². The van der Waals surface area contributed by atoms with Gasteiger partial charge >= 0.3 is 6.03 Å². The van der Waals surface area contributed by atoms with Gasteiger partial charge in [0, 0.05) is 29.2 Å². The van der Waals surface area contributed by atoms with Crippen molar-refractivity contribution >= 4 is 40.6 Å². The molecule has 0 bridgehead atoms. The number of thiazole rings is 1. The van der Waals surface area contributed by atoms with Crippen molar-refractivity contribution in [3.05, 3.63) is 44.1 Å². The van der Waals surface area contributed by atoms with Crippen LogP contribution in [0.2, 0.25) is 10.0 Å². The van der Waals surface area contributed by atoms with E-state index in [2.05, 4.69) is 4.99 Å². The molecule has 0 N–H and O–H groups in total. The van der Waals surface area contributed by atoms with Gasteiger partial charge in [0.25, 0.3) is 0 Å². The number of benzene rings is 1. The minimum absolute atomic E-state index is 0.182. The van der Waals surface area contributed by atoms with Crippen LogP contribution >= 0.6 is 34.5 Å². The Hall–Kier alpha value is -1.30. The molecule has 0 saturated carbocycles. The summed E-state index contributed by atoms with van der Waals surface area (Å²) in [6, 6.07) is 5.11. The van der Waals surface area contributed by atoms with E-state index in [1.807, 2.05) is 23.8 Å². The zero-order chi connectivity index (χ0) is 15.7. The van der Waals surface area contributed by atoms with E-state index in [0.717, 1.165) is 36.5 Å². The van der Waals surface area contributed by atoms with Crippen molar-refractivity contribution in [3.8, 4) is 5.69 Å². The molecule has 1 aromatic heterocycles. The van der Waals surface area contributed by atoms with Gasteiger partial charge in [-0.1, -0.05) is 23.2 Å². The number of halogens is 2. The molecule has 1 aliphatic heterocycles. The Bertz CT molecular complexity index is 775. The smallest absolute Gasteiger partial charge is 0.323 e. The average Bonchev–Trinajstić information content (AvgIpc) is 3.09. The third-order valence-corrected chi connectivity index (χ3v) is 4.94. The van der Waals surface area contributed by atoms with Crippen LogP contribution < -0.4 is 4.80 Å². The quantitative estimate of drug-likeness (QED) is 0.752. The number of aryl methyl sites for hydroxylation is 1. The molecule has 0 aliphatic carbocycles. The van der Waals surface area contributed by atoms with E-state index in [9.17, 15) is 4.79 Å². The number of carbonyl (C=O) groups is 1. The Morgan fingerprint density at radius 3 is 2.68 bits per heavy atom. The Labute approximate surface area is 142 Å². The Balaban J connectivity index is 2.04. The largest absolute Gasteiger partial charge is 0.346 e. The first kappa shape index (κ1) is 15.6. The minimum Gasteiger partial charge on any atom is -0.323 e. The first-order chi connectivity index (χ1) is 10.5. The van der Waals surface area contributed by atoms with Crippen molar-refractivity contribution in [2.45, 2.75) is 19.8 Å². The standard InChI is InChI=1S/C15H15Cl2N3OS/c1-10-9-20(13-5-4-11(16)8-12(13)17)15(22-10)18-14(21)19-6-2-3-7-19/h4-5,8-9H,2-3,6-7H2,1H3/b18-15-. The normalized spacial score (nSPS) is 15.6. The SMILES string of the molecule is Cc1cn(-c2ccc(Cl)cc2Cl)/c(=N/C(=O)N2CCCC2)s1. The number of aromatic nitrogens is 1. The van der Waals surface area contributed by atoms with Crippen LogP contribution in [0.3, 0.4) is 0 Å². The topological polar surface area (TPSA) is 37.6 Å². The predicted molar refractivity (Wildman–Crippen MR) is 90.2 cm³/mol. The number of hydrogen-bond donors (Lipinski definition) is 0. The molecule has 2 amide bonds. The molecule has 7 heteroatoms. The maximum Gasteiger partial charge on any atom is 0.346 e. The Morgan fingerprint density at radius 1 is 1.27 bits per heavy atom. The van der Waals surface area contributed by atoms with E-state index in [0.29, 0.717) is 14.8 Å². The van der Waals surface area contributed by atoms with Gasteiger partial charge in [-0.15, -0.1) is 11.3 Å². The molecule has 116 valence electrons. The third kappa shape index (κ3) is 3.21. The van der Waals surface area contributed by atoms with Gasteiger partial charge in [0.05, 0.1) is 10.7 Å². The van der Waals surface area contributed by atoms with E-state index in [1.165, 1.54) is 11.3 Å². The molecule has 4 nitrogen and oxygen atoms in total. The van der Waals surface area contributed by atoms with E-state index in [1.54, 1.807) is 17.0 Å². The van der Waals surface area contributed by atoms with Gasteiger partial charge in [0.2, 0.25) is 0 Å². The summed E-state index contributed by atoms with van der Waals surface area (Å²) in [4.78, 5) is 20.0. The summed E-state index contributed by atoms with van der Waals surface area (Å²) in [7, 11) is 0. The van der Waals surface area contributed by atoms with Crippen molar-refractivity contribution in [2.75, 3.05) is 13.1 Å². The van der Waals surface area contributed by atoms with Crippen LogP contribution in [0, 0.1) is 6.92 Å². The number of urea groups is 1. The molecule has 2 heterocycles. The first-order valence-electron chi connectivity index (χ1n) is 7.03. The number of likely N-dealkylation sites (tertiary alicyclic amines) is 1. The van der Waals surface area contributed by atoms with Crippen LogP contribution in [0.25, 0.3) is 5.69 Å². The van der Waals surface area contributed by atoms with Crippen LogP contribution in [0.15, 0.2) is 29.4 Å². The lowest BCUT2D eigenvalue weighted by Crippen LogP contribution is -2.27. The van der Waals surface area contributed by atoms with Crippen LogP contribution in [0.1, 0.15) is 17.7 Å². The zero-order valence-electron chi connectivity index (χ0n) is 12.1. The van der Waals surface area contributed by atoms with Crippen LogP contribution in [-0.2, 0) is 0 Å². The lowest BCUT2D eigenvalue weighted by Gasteiger charge is -2.11. The summed E-state index contributed by atoms with van der Waals surface area (Å²) in [5, 5.41) is 1.10. The molecular weight excluding hydrogens is 341 g/mol. The van der Waals surface area contributed by atoms with Gasteiger partial charge in [0.1, 0.15) is 0 Å². The monoisotopic (exact) mass is 355 g/mol. The number of carbonyl (C=O) groups excluding carboxylic acids is 1. The van der Waals surface area contributed by atoms with Crippen molar-refractivity contribution in [3.63, 3.8) is 0 Å². The molecule has 2 aromatic rings. The molecule has 3 rings (SSSR count). The fourth-order valence-electron chi connectivity index (χ4n) is 2.44. The molecule has 0 atom stereocenters. The van der Waals surface area contributed by atoms with E-state index < -0.39 is 0 Å². The molecule has 0 unspecified atom stereocenters. The van der Waals surface area contributed by atoms with Gasteiger partial charge in [-0.3, -0.25) is 4.57 Å². The maximum absolute atomic E-state index is 12.2. The van der Waals surface area contributed by atoms with E-state index in [4.69, 9.17) is 23.2 Å². The fraction of sp³-hybridized carbons (Fsp3) is 0.333. The molecule has 22 heavy (non-hydrogen) atoms. The fourth-order valence-corrected chi connectivity index (χ4v) is 3.76. The first-order valence-corrected chi connectivity index (χ1v) is 8.60. The highest BCUT2D eigenvalue weighted by Crippen LogP contribution is 2.24. The zero-order valence-corrected chi connectivity index (χ0v) is 14.4. The second kappa shape index (κ2) is 6.44. The second-order valence-corrected chi connectivity index (χ2v) is 7.24. The number of hydrogen-bond acceptors (Lipinski definition) is 2. The molecule has 0 radical (unpaired) electrons. The van der Waals surface area contributed by atoms with Gasteiger partial charge < -0.3 is 4.90 Å². The number of nitrogens with zero attached hydrogens (tertiary/aromatic N) is 3. The van der Waals surface area contributed by atoms with Crippen molar-refractivity contribution in [1.82, 2.24) is 9.47 Å². The minimum atomic E-state index is -0.182. The second-order valence-electron chi connectivity index (χ2n) is 5.18. The maximum atomic E-state index is 12.2. The Morgan fingerprint density at radius 2 is 2.00 bits per heavy atom. The molecular formula is C15H15Cl2N3OS. The van der Waals surface area contributed by atoms with Crippen molar-refractivity contribution in [1.29, 1.82) is 0 Å². The molecule has 1 fully saturated rings. The summed E-state index contributed by atoms with van der Waals surface area (Å²) < 4.78 is 1.84. The lowest BCUT2D eigenvalue weighted by atomic mass is 10.3. The predicted octanol–water partition coefficient (Wildman–Crippen LogP) is 4.27. The average molecular weight is 356 g/mol. The molecule has 0 spiro atoms.